The summed E-state index contributed by atoms with van der Waals surface area (Å²) in [6.45, 7) is 6.06. The zero-order chi connectivity index (χ0) is 20.4. The summed E-state index contributed by atoms with van der Waals surface area (Å²) >= 11 is 0. The van der Waals surface area contributed by atoms with Crippen LogP contribution in [0.2, 0.25) is 0 Å². The second kappa shape index (κ2) is 7.62. The molecular formula is C23H25N5O. The van der Waals surface area contributed by atoms with Gasteiger partial charge in [-0.25, -0.2) is 15.0 Å². The summed E-state index contributed by atoms with van der Waals surface area (Å²) in [7, 11) is 1.77. The first-order valence-corrected chi connectivity index (χ1v) is 9.81. The van der Waals surface area contributed by atoms with Gasteiger partial charge >= 0.3 is 0 Å². The quantitative estimate of drug-likeness (QED) is 0.643. The Labute approximate surface area is 170 Å². The SMILES string of the molecule is Cn1c(N2CCC=C(C(C)(C)c3ccccc3)C2)nc(-c2ccncn2)cc1=O. The maximum atomic E-state index is 12.6. The van der Waals surface area contributed by atoms with E-state index in [1.165, 1.54) is 23.5 Å². The Balaban J connectivity index is 1.69. The summed E-state index contributed by atoms with van der Waals surface area (Å²) in [5, 5.41) is 0. The van der Waals surface area contributed by atoms with Crippen LogP contribution >= 0.6 is 0 Å². The van der Waals surface area contributed by atoms with Crippen molar-refractivity contribution in [1.29, 1.82) is 0 Å². The molecule has 0 bridgehead atoms. The van der Waals surface area contributed by atoms with Crippen LogP contribution in [0, 0.1) is 0 Å². The highest BCUT2D eigenvalue weighted by Gasteiger charge is 2.29. The van der Waals surface area contributed by atoms with Gasteiger partial charge in [-0.2, -0.15) is 0 Å². The molecule has 0 N–H and O–H groups in total. The second-order valence-corrected chi connectivity index (χ2v) is 7.86. The minimum Gasteiger partial charge on any atom is -0.338 e. The standard InChI is InChI=1S/C23H25N5O/c1-23(2,17-8-5-4-6-9-17)18-10-7-13-28(15-18)22-26-20(14-21(29)27(22)3)19-11-12-24-16-25-19/h4-6,8-12,14,16H,7,13,15H2,1-3H3. The molecule has 6 heteroatoms. The van der Waals surface area contributed by atoms with Gasteiger partial charge in [0.15, 0.2) is 0 Å². The molecule has 4 rings (SSSR count). The lowest BCUT2D eigenvalue weighted by atomic mass is 9.76. The molecule has 1 aliphatic rings. The molecule has 6 nitrogen and oxygen atoms in total. The smallest absolute Gasteiger partial charge is 0.255 e. The van der Waals surface area contributed by atoms with Crippen LogP contribution in [0.15, 0.2) is 71.4 Å². The summed E-state index contributed by atoms with van der Waals surface area (Å²) in [6.07, 6.45) is 6.37. The molecule has 0 radical (unpaired) electrons. The van der Waals surface area contributed by atoms with Crippen molar-refractivity contribution in [2.75, 3.05) is 18.0 Å². The van der Waals surface area contributed by atoms with Gasteiger partial charge in [0, 0.05) is 37.8 Å². The van der Waals surface area contributed by atoms with Crippen molar-refractivity contribution in [2.24, 2.45) is 7.05 Å². The van der Waals surface area contributed by atoms with Crippen LogP contribution in [0.5, 0.6) is 0 Å². The Morgan fingerprint density at radius 2 is 1.86 bits per heavy atom. The Kier molecular flexibility index (Phi) is 5.01. The van der Waals surface area contributed by atoms with Crippen LogP contribution in [0.25, 0.3) is 11.4 Å². The van der Waals surface area contributed by atoms with Crippen molar-refractivity contribution in [3.8, 4) is 11.4 Å². The van der Waals surface area contributed by atoms with E-state index in [1.54, 1.807) is 23.9 Å². The third kappa shape index (κ3) is 3.70. The highest BCUT2D eigenvalue weighted by Crippen LogP contribution is 2.34. The Hall–Kier alpha value is -3.28. The normalized spacial score (nSPS) is 14.6. The molecule has 1 aromatic carbocycles. The first-order chi connectivity index (χ1) is 14.0. The van der Waals surface area contributed by atoms with E-state index in [1.807, 2.05) is 6.07 Å². The van der Waals surface area contributed by atoms with Crippen LogP contribution in [-0.2, 0) is 12.5 Å². The van der Waals surface area contributed by atoms with Crippen LogP contribution in [0.1, 0.15) is 25.8 Å². The molecule has 0 saturated carbocycles. The van der Waals surface area contributed by atoms with Gasteiger partial charge in [0.05, 0.1) is 11.4 Å². The number of hydrogen-bond acceptors (Lipinski definition) is 5. The van der Waals surface area contributed by atoms with Crippen molar-refractivity contribution >= 4 is 5.95 Å². The van der Waals surface area contributed by atoms with Crippen molar-refractivity contribution in [2.45, 2.75) is 25.7 Å². The van der Waals surface area contributed by atoms with E-state index in [-0.39, 0.29) is 11.0 Å². The summed E-state index contributed by atoms with van der Waals surface area (Å²) in [5.74, 6) is 0.667. The van der Waals surface area contributed by atoms with Crippen LogP contribution < -0.4 is 10.5 Å². The molecular weight excluding hydrogens is 362 g/mol. The predicted octanol–water partition coefficient (Wildman–Crippen LogP) is 3.35. The lowest BCUT2D eigenvalue weighted by Crippen LogP contribution is -2.39. The van der Waals surface area contributed by atoms with E-state index >= 15 is 0 Å². The zero-order valence-electron chi connectivity index (χ0n) is 17.0. The molecule has 0 unspecified atom stereocenters. The molecule has 3 aromatic rings. The van der Waals surface area contributed by atoms with Gasteiger partial charge in [0.2, 0.25) is 5.95 Å². The molecule has 3 heterocycles. The van der Waals surface area contributed by atoms with Crippen molar-refractivity contribution in [3.05, 3.63) is 82.6 Å². The minimum atomic E-state index is -0.0953. The van der Waals surface area contributed by atoms with Crippen LogP contribution in [0.4, 0.5) is 5.95 Å². The molecule has 1 aliphatic heterocycles. The number of nitrogens with zero attached hydrogens (tertiary/aromatic N) is 5. The fourth-order valence-electron chi connectivity index (χ4n) is 3.79. The molecule has 29 heavy (non-hydrogen) atoms. The Morgan fingerprint density at radius 3 is 2.59 bits per heavy atom. The number of rotatable bonds is 4. The Bertz CT molecular complexity index is 1090. The van der Waals surface area contributed by atoms with E-state index in [2.05, 4.69) is 59.1 Å². The number of anilines is 1. The van der Waals surface area contributed by atoms with Gasteiger partial charge in [-0.15, -0.1) is 0 Å². The van der Waals surface area contributed by atoms with Gasteiger partial charge in [0.25, 0.3) is 5.56 Å². The number of benzene rings is 1. The lowest BCUT2D eigenvalue weighted by molar-refractivity contribution is 0.572. The van der Waals surface area contributed by atoms with Crippen LogP contribution in [0.3, 0.4) is 0 Å². The van der Waals surface area contributed by atoms with Crippen LogP contribution in [-0.4, -0.2) is 32.6 Å². The summed E-state index contributed by atoms with van der Waals surface area (Å²) in [6, 6.07) is 13.8. The van der Waals surface area contributed by atoms with E-state index < -0.39 is 0 Å². The van der Waals surface area contributed by atoms with Crippen molar-refractivity contribution in [3.63, 3.8) is 0 Å². The highest BCUT2D eigenvalue weighted by atomic mass is 16.1. The fraction of sp³-hybridized carbons (Fsp3) is 0.304. The van der Waals surface area contributed by atoms with Gasteiger partial charge in [-0.05, 0) is 23.6 Å². The molecule has 0 fully saturated rings. The third-order valence-electron chi connectivity index (χ3n) is 5.69. The molecule has 0 saturated heterocycles. The van der Waals surface area contributed by atoms with Gasteiger partial charge < -0.3 is 4.90 Å². The van der Waals surface area contributed by atoms with Gasteiger partial charge in [-0.3, -0.25) is 9.36 Å². The third-order valence-corrected chi connectivity index (χ3v) is 5.69. The van der Waals surface area contributed by atoms with Gasteiger partial charge in [0.1, 0.15) is 6.33 Å². The first-order valence-electron chi connectivity index (χ1n) is 9.81. The average molecular weight is 387 g/mol. The maximum absolute atomic E-state index is 12.6. The molecule has 2 aromatic heterocycles. The first kappa shape index (κ1) is 19.1. The lowest BCUT2D eigenvalue weighted by Gasteiger charge is -2.37. The minimum absolute atomic E-state index is 0.0942. The number of hydrogen-bond donors (Lipinski definition) is 0. The molecule has 0 aliphatic carbocycles. The topological polar surface area (TPSA) is 63.9 Å². The molecule has 0 atom stereocenters. The van der Waals surface area contributed by atoms with Crippen molar-refractivity contribution < 1.29 is 0 Å². The van der Waals surface area contributed by atoms with E-state index in [0.717, 1.165) is 19.5 Å². The molecule has 148 valence electrons. The average Bonchev–Trinajstić information content (AvgIpc) is 2.77. The highest BCUT2D eigenvalue weighted by molar-refractivity contribution is 5.55. The van der Waals surface area contributed by atoms with E-state index in [0.29, 0.717) is 17.3 Å². The summed E-state index contributed by atoms with van der Waals surface area (Å²) in [5.41, 5.74) is 3.65. The van der Waals surface area contributed by atoms with E-state index in [9.17, 15) is 4.79 Å². The monoisotopic (exact) mass is 387 g/mol. The Morgan fingerprint density at radius 1 is 1.07 bits per heavy atom. The predicted molar refractivity (Wildman–Crippen MR) is 115 cm³/mol. The second-order valence-electron chi connectivity index (χ2n) is 7.86. The largest absolute Gasteiger partial charge is 0.338 e. The zero-order valence-corrected chi connectivity index (χ0v) is 17.0. The number of aromatic nitrogens is 4. The van der Waals surface area contributed by atoms with Gasteiger partial charge in [-0.1, -0.05) is 50.3 Å². The molecule has 0 spiro atoms. The van der Waals surface area contributed by atoms with E-state index in [4.69, 9.17) is 4.98 Å². The fourth-order valence-corrected chi connectivity index (χ4v) is 3.79. The molecule has 0 amide bonds. The maximum Gasteiger partial charge on any atom is 0.255 e. The van der Waals surface area contributed by atoms with Crippen molar-refractivity contribution in [1.82, 2.24) is 19.5 Å². The summed E-state index contributed by atoms with van der Waals surface area (Å²) < 4.78 is 1.61. The summed E-state index contributed by atoms with van der Waals surface area (Å²) in [4.78, 5) is 27.8.